The van der Waals surface area contributed by atoms with E-state index in [9.17, 15) is 9.59 Å². The molecule has 0 aliphatic carbocycles. The smallest absolute Gasteiger partial charge is 0.339 e. The third-order valence-corrected chi connectivity index (χ3v) is 4.92. The Hall–Kier alpha value is -3.74. The minimum Gasteiger partial charge on any atom is -0.465 e. The fourth-order valence-electron chi connectivity index (χ4n) is 3.58. The van der Waals surface area contributed by atoms with E-state index in [0.717, 1.165) is 12.1 Å². The van der Waals surface area contributed by atoms with Gasteiger partial charge in [-0.05, 0) is 37.1 Å². The third-order valence-electron chi connectivity index (χ3n) is 4.92. The number of para-hydroxylation sites is 2. The van der Waals surface area contributed by atoms with Gasteiger partial charge in [0.05, 0.1) is 18.4 Å². The molecule has 1 aliphatic heterocycles. The van der Waals surface area contributed by atoms with Crippen LogP contribution in [0.4, 0.5) is 17.2 Å². The number of carbonyl (C=O) groups excluding carboxylic acids is 2. The molecule has 0 fully saturated rings. The molecule has 3 aromatic rings. The summed E-state index contributed by atoms with van der Waals surface area (Å²) in [6.45, 7) is 2.12. The number of benzene rings is 2. The largest absolute Gasteiger partial charge is 0.465 e. The highest BCUT2D eigenvalue weighted by molar-refractivity contribution is 6.07. The van der Waals surface area contributed by atoms with Crippen LogP contribution in [0.5, 0.6) is 0 Å². The van der Waals surface area contributed by atoms with Crippen molar-refractivity contribution in [3.8, 4) is 0 Å². The second kappa shape index (κ2) is 7.71. The third kappa shape index (κ3) is 3.54. The standard InChI is InChI=1S/C22H20N4O3/c1-14-11-15-7-3-6-10-19(15)26(14)20-12-18(23-13-24-20)21(27)25-17-9-5-4-8-16(17)22(28)29-2/h3-10,12-14H,11H2,1-2H3,(H,25,27). The zero-order valence-corrected chi connectivity index (χ0v) is 16.1. The lowest BCUT2D eigenvalue weighted by atomic mass is 10.1. The molecule has 2 heterocycles. The number of ether oxygens (including phenoxy) is 1. The predicted octanol–water partition coefficient (Wildman–Crippen LogP) is 3.60. The monoisotopic (exact) mass is 388 g/mol. The number of methoxy groups -OCH3 is 1. The lowest BCUT2D eigenvalue weighted by Crippen LogP contribution is -2.25. The summed E-state index contributed by atoms with van der Waals surface area (Å²) in [5, 5.41) is 2.74. The van der Waals surface area contributed by atoms with Gasteiger partial charge in [-0.25, -0.2) is 14.8 Å². The molecule has 7 heteroatoms. The van der Waals surface area contributed by atoms with Gasteiger partial charge in [0.25, 0.3) is 5.91 Å². The SMILES string of the molecule is COC(=O)c1ccccc1NC(=O)c1cc(N2c3ccccc3CC2C)ncn1. The van der Waals surface area contributed by atoms with E-state index in [0.29, 0.717) is 11.5 Å². The molecule has 1 atom stereocenters. The van der Waals surface area contributed by atoms with E-state index in [1.165, 1.54) is 19.0 Å². The van der Waals surface area contributed by atoms with Crippen molar-refractivity contribution in [2.75, 3.05) is 17.3 Å². The number of amides is 1. The van der Waals surface area contributed by atoms with Crippen LogP contribution in [0.1, 0.15) is 33.3 Å². The van der Waals surface area contributed by atoms with Crippen LogP contribution >= 0.6 is 0 Å². The highest BCUT2D eigenvalue weighted by atomic mass is 16.5. The Morgan fingerprint density at radius 2 is 1.86 bits per heavy atom. The second-order valence-corrected chi connectivity index (χ2v) is 6.80. The van der Waals surface area contributed by atoms with Crippen LogP contribution in [0.25, 0.3) is 0 Å². The lowest BCUT2D eigenvalue weighted by Gasteiger charge is -2.23. The number of fused-ring (bicyclic) bond motifs is 1. The first-order valence-corrected chi connectivity index (χ1v) is 9.26. The molecule has 29 heavy (non-hydrogen) atoms. The minimum absolute atomic E-state index is 0.214. The molecule has 1 amide bonds. The fraction of sp³-hybridized carbons (Fsp3) is 0.182. The number of nitrogens with zero attached hydrogens (tertiary/aromatic N) is 3. The summed E-state index contributed by atoms with van der Waals surface area (Å²) >= 11 is 0. The molecule has 0 saturated heterocycles. The van der Waals surface area contributed by atoms with Gasteiger partial charge in [-0.3, -0.25) is 4.79 Å². The van der Waals surface area contributed by atoms with E-state index >= 15 is 0 Å². The molecule has 0 radical (unpaired) electrons. The van der Waals surface area contributed by atoms with Gasteiger partial charge >= 0.3 is 5.97 Å². The van der Waals surface area contributed by atoms with Gasteiger partial charge in [-0.2, -0.15) is 0 Å². The van der Waals surface area contributed by atoms with E-state index in [1.807, 2.05) is 18.2 Å². The molecule has 0 saturated carbocycles. The van der Waals surface area contributed by atoms with Crippen molar-refractivity contribution in [1.82, 2.24) is 9.97 Å². The first-order valence-electron chi connectivity index (χ1n) is 9.26. The van der Waals surface area contributed by atoms with Gasteiger partial charge in [-0.15, -0.1) is 0 Å². The number of esters is 1. The first-order chi connectivity index (χ1) is 14.1. The Labute approximate surface area is 168 Å². The molecule has 0 bridgehead atoms. The summed E-state index contributed by atoms with van der Waals surface area (Å²) in [4.78, 5) is 35.3. The number of hydrogen-bond donors (Lipinski definition) is 1. The molecular weight excluding hydrogens is 368 g/mol. The fourth-order valence-corrected chi connectivity index (χ4v) is 3.58. The number of hydrogen-bond acceptors (Lipinski definition) is 6. The van der Waals surface area contributed by atoms with Gasteiger partial charge in [0.15, 0.2) is 0 Å². The number of carbonyl (C=O) groups is 2. The summed E-state index contributed by atoms with van der Waals surface area (Å²) in [6.07, 6.45) is 2.29. The van der Waals surface area contributed by atoms with Crippen molar-refractivity contribution < 1.29 is 14.3 Å². The van der Waals surface area contributed by atoms with Crippen LogP contribution in [0.2, 0.25) is 0 Å². The Morgan fingerprint density at radius 1 is 1.10 bits per heavy atom. The highest BCUT2D eigenvalue weighted by Crippen LogP contribution is 2.37. The average molecular weight is 388 g/mol. The van der Waals surface area contributed by atoms with Gasteiger partial charge in [-0.1, -0.05) is 30.3 Å². The summed E-state index contributed by atoms with van der Waals surface area (Å²) < 4.78 is 4.77. The van der Waals surface area contributed by atoms with Crippen molar-refractivity contribution >= 4 is 29.1 Å². The second-order valence-electron chi connectivity index (χ2n) is 6.80. The zero-order chi connectivity index (χ0) is 20.4. The maximum Gasteiger partial charge on any atom is 0.339 e. The van der Waals surface area contributed by atoms with Gasteiger partial charge in [0, 0.05) is 17.8 Å². The van der Waals surface area contributed by atoms with Crippen LogP contribution in [-0.4, -0.2) is 35.0 Å². The summed E-state index contributed by atoms with van der Waals surface area (Å²) in [5.41, 5.74) is 3.19. The Kier molecular flexibility index (Phi) is 4.95. The minimum atomic E-state index is -0.522. The van der Waals surface area contributed by atoms with Crippen molar-refractivity contribution in [3.63, 3.8) is 0 Å². The quantitative estimate of drug-likeness (QED) is 0.688. The highest BCUT2D eigenvalue weighted by Gasteiger charge is 2.28. The summed E-state index contributed by atoms with van der Waals surface area (Å²) in [5.74, 6) is -0.291. The number of aromatic nitrogens is 2. The van der Waals surface area contributed by atoms with Crippen LogP contribution in [-0.2, 0) is 11.2 Å². The van der Waals surface area contributed by atoms with Crippen molar-refractivity contribution in [2.24, 2.45) is 0 Å². The van der Waals surface area contributed by atoms with E-state index in [1.54, 1.807) is 30.3 Å². The summed E-state index contributed by atoms with van der Waals surface area (Å²) in [6, 6.07) is 16.7. The maximum atomic E-state index is 12.8. The Bertz CT molecular complexity index is 1080. The van der Waals surface area contributed by atoms with Crippen molar-refractivity contribution in [2.45, 2.75) is 19.4 Å². The van der Waals surface area contributed by atoms with Crippen molar-refractivity contribution in [3.05, 3.63) is 77.7 Å². The van der Waals surface area contributed by atoms with Crippen LogP contribution in [0.3, 0.4) is 0 Å². The van der Waals surface area contributed by atoms with E-state index in [2.05, 4.69) is 33.2 Å². The normalized spacial score (nSPS) is 15.0. The molecule has 1 unspecified atom stereocenters. The molecular formula is C22H20N4O3. The van der Waals surface area contributed by atoms with E-state index < -0.39 is 11.9 Å². The number of rotatable bonds is 4. The number of nitrogens with one attached hydrogen (secondary N) is 1. The average Bonchev–Trinajstić information content (AvgIpc) is 3.09. The maximum absolute atomic E-state index is 12.8. The van der Waals surface area contributed by atoms with Crippen LogP contribution in [0, 0.1) is 0 Å². The molecule has 7 nitrogen and oxygen atoms in total. The lowest BCUT2D eigenvalue weighted by molar-refractivity contribution is 0.0602. The molecule has 146 valence electrons. The van der Waals surface area contributed by atoms with Crippen LogP contribution in [0.15, 0.2) is 60.9 Å². The molecule has 1 aromatic heterocycles. The topological polar surface area (TPSA) is 84.4 Å². The van der Waals surface area contributed by atoms with Gasteiger partial charge in [0.1, 0.15) is 17.8 Å². The van der Waals surface area contributed by atoms with E-state index in [4.69, 9.17) is 4.74 Å². The summed E-state index contributed by atoms with van der Waals surface area (Å²) in [7, 11) is 1.30. The molecule has 1 N–H and O–H groups in total. The van der Waals surface area contributed by atoms with Gasteiger partial charge in [0.2, 0.25) is 0 Å². The van der Waals surface area contributed by atoms with Gasteiger partial charge < -0.3 is 15.0 Å². The molecule has 0 spiro atoms. The molecule has 2 aromatic carbocycles. The van der Waals surface area contributed by atoms with E-state index in [-0.39, 0.29) is 17.3 Å². The van der Waals surface area contributed by atoms with Crippen LogP contribution < -0.4 is 10.2 Å². The Morgan fingerprint density at radius 3 is 2.69 bits per heavy atom. The Balaban J connectivity index is 1.62. The zero-order valence-electron chi connectivity index (χ0n) is 16.1. The predicted molar refractivity (Wildman–Crippen MR) is 110 cm³/mol. The molecule has 4 rings (SSSR count). The molecule has 1 aliphatic rings. The first kappa shape index (κ1) is 18.6. The number of anilines is 3. The van der Waals surface area contributed by atoms with Crippen molar-refractivity contribution in [1.29, 1.82) is 0 Å².